The van der Waals surface area contributed by atoms with Gasteiger partial charge in [-0.15, -0.1) is 13.2 Å². The van der Waals surface area contributed by atoms with Gasteiger partial charge in [-0.05, 0) is 12.8 Å². The van der Waals surface area contributed by atoms with Crippen LogP contribution in [-0.4, -0.2) is 29.2 Å². The van der Waals surface area contributed by atoms with Crippen LogP contribution in [0.4, 0.5) is 13.2 Å². The van der Waals surface area contributed by atoms with E-state index in [1.54, 1.807) is 0 Å². The van der Waals surface area contributed by atoms with Crippen LogP contribution >= 0.6 is 0 Å². The summed E-state index contributed by atoms with van der Waals surface area (Å²) < 4.78 is 37.6. The van der Waals surface area contributed by atoms with E-state index in [1.165, 1.54) is 0 Å². The molecule has 1 aliphatic rings. The van der Waals surface area contributed by atoms with E-state index in [2.05, 4.69) is 4.99 Å². The fourth-order valence-electron chi connectivity index (χ4n) is 1.84. The number of aliphatic imine (C=N–C) groups is 1. The summed E-state index contributed by atoms with van der Waals surface area (Å²) in [5.41, 5.74) is 10.1. The van der Waals surface area contributed by atoms with Crippen LogP contribution in [0.2, 0.25) is 0 Å². The maximum Gasteiger partial charge on any atom is 0.494 e. The van der Waals surface area contributed by atoms with Gasteiger partial charge in [0.15, 0.2) is 0 Å². The average molecular weight is 251 g/mol. The van der Waals surface area contributed by atoms with Crippen molar-refractivity contribution in [3.8, 4) is 0 Å². The van der Waals surface area contributed by atoms with Crippen molar-refractivity contribution >= 4 is 11.9 Å². The molecule has 1 fully saturated rings. The molecule has 1 aliphatic carbocycles. The molecule has 0 amide bonds. The number of alkyl halides is 3. The second kappa shape index (κ2) is 5.24. The maximum absolute atomic E-state index is 12.5. The highest BCUT2D eigenvalue weighted by Gasteiger charge is 2.41. The molecular weight excluding hydrogens is 235 g/mol. The summed E-state index contributed by atoms with van der Waals surface area (Å²) in [7, 11) is 0. The van der Waals surface area contributed by atoms with Crippen LogP contribution in [0.5, 0.6) is 0 Å². The van der Waals surface area contributed by atoms with E-state index in [0.717, 1.165) is 32.1 Å². The summed E-state index contributed by atoms with van der Waals surface area (Å²) in [6, 6.07) is -0.201. The third-order valence-electron chi connectivity index (χ3n) is 2.61. The van der Waals surface area contributed by atoms with E-state index in [4.69, 9.17) is 16.9 Å². The van der Waals surface area contributed by atoms with Gasteiger partial charge in [0.05, 0.1) is 6.04 Å². The monoisotopic (exact) mass is 251 g/mol. The van der Waals surface area contributed by atoms with E-state index in [0.29, 0.717) is 0 Å². The van der Waals surface area contributed by atoms with Gasteiger partial charge < -0.3 is 11.5 Å². The highest BCUT2D eigenvalue weighted by molar-refractivity contribution is 5.96. The third kappa shape index (κ3) is 3.79. The molecule has 8 heteroatoms. The number of guanidine groups is 2. The van der Waals surface area contributed by atoms with Crippen LogP contribution in [0.25, 0.3) is 0 Å². The van der Waals surface area contributed by atoms with Crippen LogP contribution in [0.1, 0.15) is 32.1 Å². The highest BCUT2D eigenvalue weighted by Crippen LogP contribution is 2.23. The zero-order chi connectivity index (χ0) is 13.1. The summed E-state index contributed by atoms with van der Waals surface area (Å²) in [6.45, 7) is 0. The van der Waals surface area contributed by atoms with Crippen molar-refractivity contribution < 1.29 is 13.2 Å². The minimum Gasteiger partial charge on any atom is -0.369 e. The van der Waals surface area contributed by atoms with E-state index in [1.807, 2.05) is 0 Å². The molecule has 5 nitrogen and oxygen atoms in total. The van der Waals surface area contributed by atoms with Gasteiger partial charge in [0.1, 0.15) is 0 Å². The first-order valence-corrected chi connectivity index (χ1v) is 5.36. The quantitative estimate of drug-likeness (QED) is 0.373. The summed E-state index contributed by atoms with van der Waals surface area (Å²) in [4.78, 5) is 3.39. The SMILES string of the molecule is N=C(N)N(C(N)=NC1CCCCC1)C(F)(F)F. The van der Waals surface area contributed by atoms with Gasteiger partial charge in [0.25, 0.3) is 0 Å². The Labute approximate surface area is 97.2 Å². The molecule has 0 unspecified atom stereocenters. The van der Waals surface area contributed by atoms with E-state index < -0.39 is 23.1 Å². The number of hydrogen-bond donors (Lipinski definition) is 3. The fourth-order valence-corrected chi connectivity index (χ4v) is 1.84. The number of halogens is 3. The summed E-state index contributed by atoms with van der Waals surface area (Å²) in [5, 5.41) is 6.88. The Morgan fingerprint density at radius 3 is 2.12 bits per heavy atom. The first-order valence-electron chi connectivity index (χ1n) is 5.36. The largest absolute Gasteiger partial charge is 0.494 e. The average Bonchev–Trinajstić information content (AvgIpc) is 2.15. The topological polar surface area (TPSA) is 91.5 Å². The lowest BCUT2D eigenvalue weighted by molar-refractivity contribution is -0.194. The zero-order valence-corrected chi connectivity index (χ0v) is 9.30. The minimum atomic E-state index is -4.81. The van der Waals surface area contributed by atoms with E-state index >= 15 is 0 Å². The van der Waals surface area contributed by atoms with Crippen molar-refractivity contribution in [2.24, 2.45) is 16.5 Å². The van der Waals surface area contributed by atoms with Crippen LogP contribution in [-0.2, 0) is 0 Å². The Balaban J connectivity index is 2.79. The van der Waals surface area contributed by atoms with Crippen LogP contribution < -0.4 is 11.5 Å². The highest BCUT2D eigenvalue weighted by atomic mass is 19.4. The molecule has 0 bridgehead atoms. The van der Waals surface area contributed by atoms with Crippen LogP contribution in [0.3, 0.4) is 0 Å². The molecule has 17 heavy (non-hydrogen) atoms. The molecule has 0 aliphatic heterocycles. The molecule has 98 valence electrons. The first-order chi connectivity index (χ1) is 7.82. The van der Waals surface area contributed by atoms with Crippen molar-refractivity contribution in [3.63, 3.8) is 0 Å². The van der Waals surface area contributed by atoms with Crippen molar-refractivity contribution in [2.45, 2.75) is 44.4 Å². The predicted octanol–water partition coefficient (Wildman–Crippen LogP) is 1.35. The molecule has 5 N–H and O–H groups in total. The Kier molecular flexibility index (Phi) is 4.19. The van der Waals surface area contributed by atoms with Crippen molar-refractivity contribution in [2.75, 3.05) is 0 Å². The molecule has 0 aromatic heterocycles. The Bertz CT molecular complexity index is 306. The second-order valence-electron chi connectivity index (χ2n) is 3.97. The van der Waals surface area contributed by atoms with Gasteiger partial charge in [-0.3, -0.25) is 5.41 Å². The lowest BCUT2D eigenvalue weighted by atomic mass is 9.96. The maximum atomic E-state index is 12.5. The summed E-state index contributed by atoms with van der Waals surface area (Å²) in [6.07, 6.45) is -0.411. The van der Waals surface area contributed by atoms with Gasteiger partial charge in [-0.1, -0.05) is 19.3 Å². The van der Waals surface area contributed by atoms with Crippen LogP contribution in [0.15, 0.2) is 4.99 Å². The Hall–Kier alpha value is -1.47. The van der Waals surface area contributed by atoms with E-state index in [9.17, 15) is 13.2 Å². The summed E-state index contributed by atoms with van der Waals surface area (Å²) in [5.74, 6) is -1.92. The van der Waals surface area contributed by atoms with Gasteiger partial charge in [0.2, 0.25) is 11.9 Å². The van der Waals surface area contributed by atoms with Crippen molar-refractivity contribution in [1.29, 1.82) is 5.41 Å². The molecule has 1 saturated carbocycles. The number of nitrogens with one attached hydrogen (secondary N) is 1. The number of nitrogens with zero attached hydrogens (tertiary/aromatic N) is 2. The number of hydrogen-bond acceptors (Lipinski definition) is 2. The normalized spacial score (nSPS) is 19.1. The van der Waals surface area contributed by atoms with Crippen molar-refractivity contribution in [3.05, 3.63) is 0 Å². The number of nitrogens with two attached hydrogens (primary N) is 2. The molecule has 0 heterocycles. The number of rotatable bonds is 1. The Morgan fingerprint density at radius 2 is 1.71 bits per heavy atom. The standard InChI is InChI=1S/C9H16F3N5/c10-9(11,12)17(7(13)14)8(15)16-6-4-2-1-3-5-6/h6H,1-5H2,(H3,13,14)(H2,15,16). The van der Waals surface area contributed by atoms with Gasteiger partial charge in [0, 0.05) is 0 Å². The first kappa shape index (κ1) is 13.6. The Morgan fingerprint density at radius 1 is 1.18 bits per heavy atom. The zero-order valence-electron chi connectivity index (χ0n) is 9.30. The molecule has 0 atom stereocenters. The predicted molar refractivity (Wildman–Crippen MR) is 58.3 cm³/mol. The van der Waals surface area contributed by atoms with Crippen LogP contribution in [0, 0.1) is 5.41 Å². The molecule has 0 aromatic carbocycles. The molecule has 0 aromatic rings. The van der Waals surface area contributed by atoms with E-state index in [-0.39, 0.29) is 6.04 Å². The fraction of sp³-hybridized carbons (Fsp3) is 0.778. The van der Waals surface area contributed by atoms with Gasteiger partial charge in [-0.25, -0.2) is 4.99 Å². The second-order valence-corrected chi connectivity index (χ2v) is 3.97. The van der Waals surface area contributed by atoms with Gasteiger partial charge in [-0.2, -0.15) is 4.90 Å². The lowest BCUT2D eigenvalue weighted by Gasteiger charge is -2.25. The van der Waals surface area contributed by atoms with Crippen molar-refractivity contribution in [1.82, 2.24) is 4.90 Å². The third-order valence-corrected chi connectivity index (χ3v) is 2.61. The molecular formula is C9H16F3N5. The summed E-state index contributed by atoms with van der Waals surface area (Å²) >= 11 is 0. The lowest BCUT2D eigenvalue weighted by Crippen LogP contribution is -2.53. The molecule has 0 spiro atoms. The molecule has 0 saturated heterocycles. The smallest absolute Gasteiger partial charge is 0.369 e. The minimum absolute atomic E-state index is 0.201. The molecule has 0 radical (unpaired) electrons. The molecule has 1 rings (SSSR count). The van der Waals surface area contributed by atoms with Gasteiger partial charge >= 0.3 is 6.30 Å².